The topological polar surface area (TPSA) is 64.6 Å². The van der Waals surface area contributed by atoms with Gasteiger partial charge >= 0.3 is 11.9 Å². The molecule has 0 spiro atoms. The van der Waals surface area contributed by atoms with Gasteiger partial charge in [-0.1, -0.05) is 15.9 Å². The highest BCUT2D eigenvalue weighted by Gasteiger charge is 2.21. The van der Waals surface area contributed by atoms with Gasteiger partial charge in [-0.05, 0) is 38.8 Å². The Kier molecular flexibility index (Phi) is 9.15. The predicted molar refractivity (Wildman–Crippen MR) is 91.7 cm³/mol. The lowest BCUT2D eigenvalue weighted by Crippen LogP contribution is -2.32. The average molecular weight is 392 g/mol. The molecule has 0 aromatic carbocycles. The van der Waals surface area contributed by atoms with Crippen LogP contribution in [0.2, 0.25) is 0 Å². The molecule has 1 heterocycles. The average Bonchev–Trinajstić information content (AvgIpc) is 2.91. The summed E-state index contributed by atoms with van der Waals surface area (Å²) >= 11 is 5.01. The summed E-state index contributed by atoms with van der Waals surface area (Å²) in [7, 11) is 0. The number of carbonyl (C=O) groups is 2. The summed E-state index contributed by atoms with van der Waals surface area (Å²) < 4.78 is 9.96. The van der Waals surface area contributed by atoms with Crippen LogP contribution in [0.4, 0.5) is 5.00 Å². The summed E-state index contributed by atoms with van der Waals surface area (Å²) in [6.45, 7) is 4.18. The zero-order valence-corrected chi connectivity index (χ0v) is 15.3. The van der Waals surface area contributed by atoms with Crippen molar-refractivity contribution in [1.29, 1.82) is 0 Å². The maximum atomic E-state index is 12.0. The highest BCUT2D eigenvalue weighted by atomic mass is 79.9. The van der Waals surface area contributed by atoms with Crippen molar-refractivity contribution < 1.29 is 19.1 Å². The van der Waals surface area contributed by atoms with Gasteiger partial charge in [-0.25, -0.2) is 4.79 Å². The predicted octanol–water partition coefficient (Wildman–Crippen LogP) is 3.37. The molecule has 0 saturated carbocycles. The molecule has 1 atom stereocenters. The number of rotatable bonds is 10. The first-order chi connectivity index (χ1) is 10.6. The minimum absolute atomic E-state index is 0.184. The third-order valence-corrected chi connectivity index (χ3v) is 4.31. The first kappa shape index (κ1) is 19.0. The number of aryl methyl sites for hydroxylation is 1. The smallest absolute Gasteiger partial charge is 0.328 e. The molecule has 0 unspecified atom stereocenters. The summed E-state index contributed by atoms with van der Waals surface area (Å²) in [5.74, 6) is -0.646. The van der Waals surface area contributed by atoms with Gasteiger partial charge in [-0.15, -0.1) is 11.3 Å². The van der Waals surface area contributed by atoms with Crippen LogP contribution in [-0.4, -0.2) is 36.5 Å². The minimum Gasteiger partial charge on any atom is -0.466 e. The lowest BCUT2D eigenvalue weighted by atomic mass is 10.1. The highest BCUT2D eigenvalue weighted by molar-refractivity contribution is 9.09. The van der Waals surface area contributed by atoms with Crippen molar-refractivity contribution in [2.75, 3.05) is 23.9 Å². The molecule has 0 bridgehead atoms. The second kappa shape index (κ2) is 10.6. The Hall–Kier alpha value is -1.08. The third kappa shape index (κ3) is 6.79. The number of carbonyl (C=O) groups excluding carboxylic acids is 2. The molecule has 1 aromatic rings. The molecule has 0 radical (unpaired) electrons. The Balaban J connectivity index is 2.63. The number of esters is 2. The van der Waals surface area contributed by atoms with Crippen molar-refractivity contribution in [2.45, 2.75) is 39.2 Å². The number of nitrogens with one attached hydrogen (secondary N) is 1. The van der Waals surface area contributed by atoms with Crippen LogP contribution in [0, 0.1) is 0 Å². The number of hydrogen-bond donors (Lipinski definition) is 1. The van der Waals surface area contributed by atoms with E-state index in [-0.39, 0.29) is 18.4 Å². The Morgan fingerprint density at radius 2 is 2.00 bits per heavy atom. The zero-order chi connectivity index (χ0) is 16.4. The molecule has 7 heteroatoms. The third-order valence-electron chi connectivity index (χ3n) is 2.83. The fourth-order valence-electron chi connectivity index (χ4n) is 1.84. The van der Waals surface area contributed by atoms with Crippen LogP contribution in [0.1, 0.15) is 31.6 Å². The lowest BCUT2D eigenvalue weighted by molar-refractivity contribution is -0.145. The van der Waals surface area contributed by atoms with E-state index < -0.39 is 6.04 Å². The number of thiophene rings is 1. The summed E-state index contributed by atoms with van der Waals surface area (Å²) in [4.78, 5) is 24.7. The molecule has 1 N–H and O–H groups in total. The van der Waals surface area contributed by atoms with E-state index in [9.17, 15) is 9.59 Å². The maximum absolute atomic E-state index is 12.0. The number of hydrogen-bond acceptors (Lipinski definition) is 6. The molecule has 124 valence electrons. The molecule has 0 fully saturated rings. The molecule has 0 aliphatic carbocycles. The van der Waals surface area contributed by atoms with E-state index in [2.05, 4.69) is 21.2 Å². The lowest BCUT2D eigenvalue weighted by Gasteiger charge is -2.16. The van der Waals surface area contributed by atoms with E-state index >= 15 is 0 Å². The van der Waals surface area contributed by atoms with E-state index in [0.29, 0.717) is 19.6 Å². The molecular weight excluding hydrogens is 370 g/mol. The fourth-order valence-corrected chi connectivity index (χ4v) is 3.49. The van der Waals surface area contributed by atoms with Crippen LogP contribution >= 0.6 is 27.3 Å². The maximum Gasteiger partial charge on any atom is 0.328 e. The summed E-state index contributed by atoms with van der Waals surface area (Å²) in [6, 6.07) is 3.43. The van der Waals surface area contributed by atoms with Gasteiger partial charge in [-0.3, -0.25) is 4.79 Å². The molecule has 0 saturated heterocycles. The standard InChI is InChI=1S/C15H22BrNO4S/c1-3-20-14(18)8-6-12(15(19)21-4-2)17-13-7-5-11(22-13)9-10-16/h5,7,12,17H,3-4,6,8-10H2,1-2H3/t12-/m0/s1. The molecule has 0 aliphatic rings. The minimum atomic E-state index is -0.542. The summed E-state index contributed by atoms with van der Waals surface area (Å²) in [5, 5.41) is 4.96. The molecule has 0 amide bonds. The van der Waals surface area contributed by atoms with E-state index in [1.165, 1.54) is 4.88 Å². The van der Waals surface area contributed by atoms with Crippen LogP contribution in [0.5, 0.6) is 0 Å². The molecule has 1 aromatic heterocycles. The van der Waals surface area contributed by atoms with E-state index in [1.807, 2.05) is 12.1 Å². The number of alkyl halides is 1. The van der Waals surface area contributed by atoms with Crippen molar-refractivity contribution in [3.8, 4) is 0 Å². The normalized spacial score (nSPS) is 11.8. The molecule has 22 heavy (non-hydrogen) atoms. The SMILES string of the molecule is CCOC(=O)CC[C@H](Nc1ccc(CCBr)s1)C(=O)OCC. The van der Waals surface area contributed by atoms with Gasteiger partial charge in [0.15, 0.2) is 0 Å². The van der Waals surface area contributed by atoms with Crippen molar-refractivity contribution in [2.24, 2.45) is 0 Å². The van der Waals surface area contributed by atoms with Gasteiger partial charge in [-0.2, -0.15) is 0 Å². The number of halogens is 1. The van der Waals surface area contributed by atoms with Crippen LogP contribution in [0.15, 0.2) is 12.1 Å². The van der Waals surface area contributed by atoms with Crippen molar-refractivity contribution >= 4 is 44.2 Å². The van der Waals surface area contributed by atoms with Gasteiger partial charge in [0.1, 0.15) is 6.04 Å². The second-order valence-electron chi connectivity index (χ2n) is 4.50. The monoisotopic (exact) mass is 391 g/mol. The first-order valence-electron chi connectivity index (χ1n) is 7.34. The largest absolute Gasteiger partial charge is 0.466 e. The van der Waals surface area contributed by atoms with Crippen molar-refractivity contribution in [3.05, 3.63) is 17.0 Å². The number of anilines is 1. The first-order valence-corrected chi connectivity index (χ1v) is 9.27. The van der Waals surface area contributed by atoms with Crippen LogP contribution < -0.4 is 5.32 Å². The van der Waals surface area contributed by atoms with Crippen LogP contribution in [0.3, 0.4) is 0 Å². The van der Waals surface area contributed by atoms with E-state index in [4.69, 9.17) is 9.47 Å². The zero-order valence-electron chi connectivity index (χ0n) is 12.9. The number of ether oxygens (including phenoxy) is 2. The molecule has 0 aliphatic heterocycles. The fraction of sp³-hybridized carbons (Fsp3) is 0.600. The van der Waals surface area contributed by atoms with Gasteiger partial charge in [0, 0.05) is 16.6 Å². The Labute approximate surface area is 143 Å². The van der Waals surface area contributed by atoms with E-state index in [0.717, 1.165) is 16.8 Å². The Morgan fingerprint density at radius 1 is 1.27 bits per heavy atom. The second-order valence-corrected chi connectivity index (χ2v) is 6.46. The van der Waals surface area contributed by atoms with Gasteiger partial charge in [0.25, 0.3) is 0 Å². The molecule has 1 rings (SSSR count). The summed E-state index contributed by atoms with van der Waals surface area (Å²) in [5.41, 5.74) is 0. The molecule has 5 nitrogen and oxygen atoms in total. The van der Waals surface area contributed by atoms with Gasteiger partial charge in [0.2, 0.25) is 0 Å². The van der Waals surface area contributed by atoms with Crippen molar-refractivity contribution in [3.63, 3.8) is 0 Å². The van der Waals surface area contributed by atoms with Crippen LogP contribution in [-0.2, 0) is 25.5 Å². The highest BCUT2D eigenvalue weighted by Crippen LogP contribution is 2.24. The van der Waals surface area contributed by atoms with Crippen LogP contribution in [0.25, 0.3) is 0 Å². The summed E-state index contributed by atoms with van der Waals surface area (Å²) in [6.07, 6.45) is 1.48. The quantitative estimate of drug-likeness (QED) is 0.489. The Bertz CT molecular complexity index is 478. The molecular formula is C15H22BrNO4S. The van der Waals surface area contributed by atoms with Gasteiger partial charge in [0.05, 0.1) is 18.2 Å². The Morgan fingerprint density at radius 3 is 2.64 bits per heavy atom. The van der Waals surface area contributed by atoms with Gasteiger partial charge < -0.3 is 14.8 Å². The van der Waals surface area contributed by atoms with E-state index in [1.54, 1.807) is 25.2 Å². The van der Waals surface area contributed by atoms with Crippen molar-refractivity contribution in [1.82, 2.24) is 0 Å².